The molecule has 0 radical (unpaired) electrons. The zero-order chi connectivity index (χ0) is 23.1. The van der Waals surface area contributed by atoms with Gasteiger partial charge in [0.05, 0.1) is 18.1 Å². The third-order valence-corrected chi connectivity index (χ3v) is 5.58. The van der Waals surface area contributed by atoms with Crippen molar-refractivity contribution in [2.24, 2.45) is 0 Å². The van der Waals surface area contributed by atoms with Gasteiger partial charge in [0.15, 0.2) is 11.5 Å². The topological polar surface area (TPSA) is 72.1 Å². The molecule has 1 N–H and O–H groups in total. The molecule has 0 spiro atoms. The molecule has 0 unspecified atom stereocenters. The first-order valence-electron chi connectivity index (χ1n) is 11.3. The van der Waals surface area contributed by atoms with Gasteiger partial charge in [-0.3, -0.25) is 9.69 Å². The Labute approximate surface area is 189 Å². The molecular weight excluding hydrogens is 406 g/mol. The number of aromatic hydroxyl groups is 1. The van der Waals surface area contributed by atoms with Crippen LogP contribution in [0, 0.1) is 6.92 Å². The average Bonchev–Trinajstić information content (AvgIpc) is 2.80. The van der Waals surface area contributed by atoms with E-state index in [1.807, 2.05) is 12.1 Å². The number of ether oxygens (including phenoxy) is 2. The molecule has 3 rings (SSSR count). The molecule has 0 atom stereocenters. The Balaban J connectivity index is 2.03. The molecule has 32 heavy (non-hydrogen) atoms. The van der Waals surface area contributed by atoms with E-state index in [0.717, 1.165) is 38.8 Å². The summed E-state index contributed by atoms with van der Waals surface area (Å²) >= 11 is 0. The second-order valence-corrected chi connectivity index (χ2v) is 7.99. The van der Waals surface area contributed by atoms with Crippen molar-refractivity contribution in [3.8, 4) is 23.0 Å². The number of fused-ring (bicyclic) bond motifs is 1. The highest BCUT2D eigenvalue weighted by atomic mass is 16.5. The van der Waals surface area contributed by atoms with Gasteiger partial charge in [0.25, 0.3) is 0 Å². The van der Waals surface area contributed by atoms with Crippen LogP contribution in [0.1, 0.15) is 50.9 Å². The van der Waals surface area contributed by atoms with Gasteiger partial charge >= 0.3 is 0 Å². The van der Waals surface area contributed by atoms with Gasteiger partial charge in [0.2, 0.25) is 11.2 Å². The minimum Gasteiger partial charge on any atom is -0.507 e. The Hall–Kier alpha value is -2.99. The van der Waals surface area contributed by atoms with Crippen LogP contribution in [0.2, 0.25) is 0 Å². The van der Waals surface area contributed by atoms with Crippen LogP contribution in [-0.4, -0.2) is 30.2 Å². The van der Waals surface area contributed by atoms with Crippen molar-refractivity contribution >= 4 is 11.0 Å². The summed E-state index contributed by atoms with van der Waals surface area (Å²) in [7, 11) is 1.55. The number of hydrogen-bond acceptors (Lipinski definition) is 6. The quantitative estimate of drug-likeness (QED) is 0.394. The van der Waals surface area contributed by atoms with Crippen LogP contribution in [0.5, 0.6) is 23.0 Å². The summed E-state index contributed by atoms with van der Waals surface area (Å²) in [6, 6.07) is 10.3. The molecule has 0 fully saturated rings. The molecule has 6 heteroatoms. The van der Waals surface area contributed by atoms with Crippen LogP contribution >= 0.6 is 0 Å². The van der Waals surface area contributed by atoms with Gasteiger partial charge in [-0.15, -0.1) is 0 Å². The fraction of sp³-hybridized carbons (Fsp3) is 0.423. The molecule has 3 aromatic rings. The summed E-state index contributed by atoms with van der Waals surface area (Å²) in [5, 5.41) is 11.0. The van der Waals surface area contributed by atoms with Crippen LogP contribution in [-0.2, 0) is 6.54 Å². The Morgan fingerprint density at radius 2 is 1.66 bits per heavy atom. The maximum Gasteiger partial charge on any atom is 0.235 e. The minimum absolute atomic E-state index is 0.118. The van der Waals surface area contributed by atoms with Crippen LogP contribution in [0.4, 0.5) is 0 Å². The van der Waals surface area contributed by atoms with Crippen molar-refractivity contribution in [1.82, 2.24) is 4.90 Å². The third-order valence-electron chi connectivity index (χ3n) is 5.58. The number of rotatable bonds is 11. The van der Waals surface area contributed by atoms with Gasteiger partial charge in [0.1, 0.15) is 17.1 Å². The van der Waals surface area contributed by atoms with Crippen molar-refractivity contribution in [3.05, 3.63) is 57.9 Å². The van der Waals surface area contributed by atoms with Crippen molar-refractivity contribution in [3.63, 3.8) is 0 Å². The predicted octanol–water partition coefficient (Wildman–Crippen LogP) is 6.01. The van der Waals surface area contributed by atoms with E-state index in [4.69, 9.17) is 13.9 Å². The number of unbranched alkanes of at least 4 members (excludes halogenated alkanes) is 2. The first-order chi connectivity index (χ1) is 15.5. The Bertz CT molecular complexity index is 1100. The smallest absolute Gasteiger partial charge is 0.235 e. The van der Waals surface area contributed by atoms with E-state index in [1.54, 1.807) is 38.3 Å². The zero-order valence-electron chi connectivity index (χ0n) is 19.4. The maximum atomic E-state index is 13.3. The summed E-state index contributed by atoms with van der Waals surface area (Å²) in [6.45, 7) is 8.43. The van der Waals surface area contributed by atoms with Crippen LogP contribution in [0.15, 0.2) is 45.6 Å². The highest BCUT2D eigenvalue weighted by molar-refractivity contribution is 5.83. The Kier molecular flexibility index (Phi) is 8.17. The number of phenolic OH excluding ortho intramolecular Hbond substituents is 1. The zero-order valence-corrected chi connectivity index (χ0v) is 19.4. The standard InChI is InChI=1S/C26H33NO5/c1-5-7-15-27(16-8-6-2)17-20-21(28)14-13-19-24(29)25(18(3)31-26(19)20)32-23-12-10-9-11-22(23)30-4/h9-14,28H,5-8,15-17H2,1-4H3. The maximum absolute atomic E-state index is 13.3. The minimum atomic E-state index is -0.274. The van der Waals surface area contributed by atoms with E-state index in [2.05, 4.69) is 18.7 Å². The molecule has 0 amide bonds. The average molecular weight is 440 g/mol. The molecule has 1 aromatic heterocycles. The van der Waals surface area contributed by atoms with E-state index >= 15 is 0 Å². The number of methoxy groups -OCH3 is 1. The van der Waals surface area contributed by atoms with Crippen LogP contribution in [0.3, 0.4) is 0 Å². The summed E-state index contributed by atoms with van der Waals surface area (Å²) in [6.07, 6.45) is 4.36. The molecule has 0 aliphatic rings. The van der Waals surface area contributed by atoms with E-state index in [1.165, 1.54) is 0 Å². The number of aryl methyl sites for hydroxylation is 1. The van der Waals surface area contributed by atoms with Crippen molar-refractivity contribution < 1.29 is 19.0 Å². The summed E-state index contributed by atoms with van der Waals surface area (Å²) < 4.78 is 17.3. The van der Waals surface area contributed by atoms with Crippen molar-refractivity contribution in [1.29, 1.82) is 0 Å². The third kappa shape index (κ3) is 5.25. The number of nitrogens with zero attached hydrogens (tertiary/aromatic N) is 1. The molecule has 6 nitrogen and oxygen atoms in total. The molecule has 2 aromatic carbocycles. The van der Waals surface area contributed by atoms with E-state index < -0.39 is 0 Å². The van der Waals surface area contributed by atoms with E-state index in [0.29, 0.717) is 40.3 Å². The Morgan fingerprint density at radius 1 is 1.00 bits per heavy atom. The molecule has 0 aliphatic carbocycles. The summed E-state index contributed by atoms with van der Waals surface area (Å²) in [5.41, 5.74) is 0.779. The lowest BCUT2D eigenvalue weighted by atomic mass is 10.1. The van der Waals surface area contributed by atoms with Gasteiger partial charge in [0, 0.05) is 6.54 Å². The fourth-order valence-electron chi connectivity index (χ4n) is 3.74. The number of para-hydroxylation sites is 2. The second kappa shape index (κ2) is 11.0. The largest absolute Gasteiger partial charge is 0.507 e. The van der Waals surface area contributed by atoms with Gasteiger partial charge in [-0.2, -0.15) is 0 Å². The normalized spacial score (nSPS) is 11.3. The first kappa shape index (κ1) is 23.7. The molecule has 0 bridgehead atoms. The summed E-state index contributed by atoms with van der Waals surface area (Å²) in [5.74, 6) is 1.58. The van der Waals surface area contributed by atoms with Crippen LogP contribution in [0.25, 0.3) is 11.0 Å². The number of benzene rings is 2. The monoisotopic (exact) mass is 439 g/mol. The highest BCUT2D eigenvalue weighted by Gasteiger charge is 2.20. The van der Waals surface area contributed by atoms with Gasteiger partial charge in [-0.05, 0) is 57.1 Å². The molecular formula is C26H33NO5. The first-order valence-corrected chi connectivity index (χ1v) is 11.3. The molecule has 0 aliphatic heterocycles. The molecule has 172 valence electrons. The fourth-order valence-corrected chi connectivity index (χ4v) is 3.74. The van der Waals surface area contributed by atoms with E-state index in [-0.39, 0.29) is 16.9 Å². The van der Waals surface area contributed by atoms with Gasteiger partial charge in [-0.1, -0.05) is 38.8 Å². The lowest BCUT2D eigenvalue weighted by Gasteiger charge is -2.23. The molecule has 0 saturated heterocycles. The van der Waals surface area contributed by atoms with Crippen molar-refractivity contribution in [2.75, 3.05) is 20.2 Å². The summed E-state index contributed by atoms with van der Waals surface area (Å²) in [4.78, 5) is 15.6. The number of hydrogen-bond donors (Lipinski definition) is 1. The lowest BCUT2D eigenvalue weighted by Crippen LogP contribution is -2.26. The van der Waals surface area contributed by atoms with Crippen LogP contribution < -0.4 is 14.9 Å². The second-order valence-electron chi connectivity index (χ2n) is 7.99. The Morgan fingerprint density at radius 3 is 2.28 bits per heavy atom. The van der Waals surface area contributed by atoms with E-state index in [9.17, 15) is 9.90 Å². The van der Waals surface area contributed by atoms with Gasteiger partial charge in [-0.25, -0.2) is 0 Å². The predicted molar refractivity (Wildman–Crippen MR) is 127 cm³/mol. The number of phenols is 1. The highest BCUT2D eigenvalue weighted by Crippen LogP contribution is 2.34. The SMILES string of the molecule is CCCCN(CCCC)Cc1c(O)ccc2c(=O)c(Oc3ccccc3OC)c(C)oc12. The lowest BCUT2D eigenvalue weighted by molar-refractivity contribution is 0.253. The molecule has 1 heterocycles. The van der Waals surface area contributed by atoms with Crippen molar-refractivity contribution in [2.45, 2.75) is 53.0 Å². The molecule has 0 saturated carbocycles. The van der Waals surface area contributed by atoms with Gasteiger partial charge < -0.3 is 19.0 Å².